The highest BCUT2D eigenvalue weighted by molar-refractivity contribution is 5.92. The lowest BCUT2D eigenvalue weighted by Gasteiger charge is -2.15. The van der Waals surface area contributed by atoms with Crippen molar-refractivity contribution in [2.24, 2.45) is 7.05 Å². The highest BCUT2D eigenvalue weighted by atomic mass is 16.2. The third kappa shape index (κ3) is 2.82. The van der Waals surface area contributed by atoms with Crippen molar-refractivity contribution in [2.45, 2.75) is 25.3 Å². The van der Waals surface area contributed by atoms with Crippen molar-refractivity contribution in [2.75, 3.05) is 13.1 Å². The molecule has 16 heavy (non-hydrogen) atoms. The molecule has 1 aliphatic heterocycles. The number of imidazole rings is 1. The second kappa shape index (κ2) is 5.12. The molecule has 1 saturated heterocycles. The van der Waals surface area contributed by atoms with Gasteiger partial charge < -0.3 is 15.2 Å². The summed E-state index contributed by atoms with van der Waals surface area (Å²) >= 11 is 0. The van der Waals surface area contributed by atoms with Crippen LogP contribution in [-0.4, -0.2) is 34.6 Å². The van der Waals surface area contributed by atoms with Crippen LogP contribution >= 0.6 is 0 Å². The summed E-state index contributed by atoms with van der Waals surface area (Å²) in [5, 5.41) is 6.33. The van der Waals surface area contributed by atoms with E-state index in [1.54, 1.807) is 17.1 Å². The lowest BCUT2D eigenvalue weighted by Crippen LogP contribution is -2.40. The van der Waals surface area contributed by atoms with Gasteiger partial charge in [0.05, 0.1) is 6.33 Å². The Bertz CT molecular complexity index is 353. The summed E-state index contributed by atoms with van der Waals surface area (Å²) in [5.41, 5.74) is 0.492. The first-order chi connectivity index (χ1) is 7.75. The number of aromatic nitrogens is 2. The Morgan fingerprint density at radius 3 is 3.25 bits per heavy atom. The van der Waals surface area contributed by atoms with Crippen LogP contribution in [0.3, 0.4) is 0 Å². The summed E-state index contributed by atoms with van der Waals surface area (Å²) in [6.45, 7) is 1.91. The third-order valence-corrected chi connectivity index (χ3v) is 2.82. The van der Waals surface area contributed by atoms with Gasteiger partial charge in [-0.2, -0.15) is 0 Å². The van der Waals surface area contributed by atoms with Gasteiger partial charge in [-0.25, -0.2) is 4.98 Å². The summed E-state index contributed by atoms with van der Waals surface area (Å²) in [7, 11) is 1.86. The molecule has 1 unspecified atom stereocenters. The smallest absolute Gasteiger partial charge is 0.271 e. The van der Waals surface area contributed by atoms with Crippen molar-refractivity contribution in [3.8, 4) is 0 Å². The number of aryl methyl sites for hydroxylation is 1. The fourth-order valence-corrected chi connectivity index (χ4v) is 1.93. The minimum absolute atomic E-state index is 0.0747. The van der Waals surface area contributed by atoms with Gasteiger partial charge in [0.15, 0.2) is 0 Å². The number of hydrogen-bond donors (Lipinski definition) is 2. The van der Waals surface area contributed by atoms with E-state index in [1.807, 2.05) is 7.05 Å². The van der Waals surface area contributed by atoms with Crippen LogP contribution in [0.25, 0.3) is 0 Å². The zero-order valence-corrected chi connectivity index (χ0v) is 9.57. The molecule has 5 heteroatoms. The van der Waals surface area contributed by atoms with E-state index < -0.39 is 0 Å². The molecule has 2 N–H and O–H groups in total. The topological polar surface area (TPSA) is 59.0 Å². The van der Waals surface area contributed by atoms with Crippen molar-refractivity contribution in [1.29, 1.82) is 0 Å². The number of hydrogen-bond acceptors (Lipinski definition) is 3. The fraction of sp³-hybridized carbons (Fsp3) is 0.636. The molecule has 5 nitrogen and oxygen atoms in total. The molecule has 1 aliphatic rings. The average Bonchev–Trinajstić information content (AvgIpc) is 2.54. The molecule has 88 valence electrons. The van der Waals surface area contributed by atoms with Crippen LogP contribution in [0.15, 0.2) is 12.5 Å². The highest BCUT2D eigenvalue weighted by Crippen LogP contribution is 2.05. The minimum atomic E-state index is -0.0747. The molecule has 0 bridgehead atoms. The summed E-state index contributed by atoms with van der Waals surface area (Å²) in [6.07, 6.45) is 6.78. The van der Waals surface area contributed by atoms with Crippen LogP contribution in [0.4, 0.5) is 0 Å². The summed E-state index contributed by atoms with van der Waals surface area (Å²) in [6, 6.07) is 0.233. The highest BCUT2D eigenvalue weighted by Gasteiger charge is 2.16. The maximum Gasteiger partial charge on any atom is 0.271 e. The van der Waals surface area contributed by atoms with Crippen LogP contribution in [0.5, 0.6) is 0 Å². The minimum Gasteiger partial charge on any atom is -0.347 e. The first kappa shape index (κ1) is 11.1. The van der Waals surface area contributed by atoms with Crippen molar-refractivity contribution in [1.82, 2.24) is 20.2 Å². The number of nitrogens with zero attached hydrogens (tertiary/aromatic N) is 2. The Labute approximate surface area is 95.2 Å². The monoisotopic (exact) mass is 222 g/mol. The number of nitrogens with one attached hydrogen (secondary N) is 2. The van der Waals surface area contributed by atoms with E-state index in [-0.39, 0.29) is 11.9 Å². The van der Waals surface area contributed by atoms with E-state index in [4.69, 9.17) is 0 Å². The first-order valence-electron chi connectivity index (χ1n) is 5.75. The number of carbonyl (C=O) groups is 1. The van der Waals surface area contributed by atoms with Crippen LogP contribution in [0.2, 0.25) is 0 Å². The zero-order valence-electron chi connectivity index (χ0n) is 9.57. The molecule has 1 aromatic heterocycles. The zero-order chi connectivity index (χ0) is 11.4. The van der Waals surface area contributed by atoms with Gasteiger partial charge in [-0.15, -0.1) is 0 Å². The largest absolute Gasteiger partial charge is 0.347 e. The number of rotatable bonds is 2. The maximum atomic E-state index is 11.8. The van der Waals surface area contributed by atoms with Gasteiger partial charge in [0.1, 0.15) is 5.69 Å². The molecule has 0 aliphatic carbocycles. The van der Waals surface area contributed by atoms with Gasteiger partial charge >= 0.3 is 0 Å². The predicted octanol–water partition coefficient (Wildman–Crippen LogP) is 0.292. The van der Waals surface area contributed by atoms with Crippen LogP contribution in [-0.2, 0) is 7.05 Å². The van der Waals surface area contributed by atoms with Gasteiger partial charge in [-0.1, -0.05) is 6.42 Å². The molecule has 1 amide bonds. The Morgan fingerprint density at radius 1 is 1.62 bits per heavy atom. The molecule has 0 radical (unpaired) electrons. The molecule has 2 rings (SSSR count). The molecule has 1 aromatic rings. The molecular formula is C11H18N4O. The Hall–Kier alpha value is -1.36. The third-order valence-electron chi connectivity index (χ3n) is 2.82. The van der Waals surface area contributed by atoms with E-state index in [1.165, 1.54) is 12.8 Å². The standard InChI is InChI=1S/C11H18N4O/c1-15-7-10(13-8-15)11(16)14-9-4-2-3-5-12-6-9/h7-9,12H,2-6H2,1H3,(H,14,16). The lowest BCUT2D eigenvalue weighted by molar-refractivity contribution is 0.0931. The quantitative estimate of drug-likeness (QED) is 0.756. The lowest BCUT2D eigenvalue weighted by atomic mass is 10.1. The maximum absolute atomic E-state index is 11.8. The summed E-state index contributed by atoms with van der Waals surface area (Å²) in [5.74, 6) is -0.0747. The number of carbonyl (C=O) groups excluding carboxylic acids is 1. The van der Waals surface area contributed by atoms with E-state index in [0.717, 1.165) is 19.5 Å². The average molecular weight is 222 g/mol. The predicted molar refractivity (Wildman–Crippen MR) is 61.2 cm³/mol. The summed E-state index contributed by atoms with van der Waals surface area (Å²) < 4.78 is 1.78. The van der Waals surface area contributed by atoms with E-state index in [0.29, 0.717) is 5.69 Å². The van der Waals surface area contributed by atoms with Crippen LogP contribution in [0.1, 0.15) is 29.8 Å². The first-order valence-corrected chi connectivity index (χ1v) is 5.75. The van der Waals surface area contributed by atoms with Gasteiger partial charge in [-0.3, -0.25) is 4.79 Å². The second-order valence-corrected chi connectivity index (χ2v) is 4.29. The van der Waals surface area contributed by atoms with Gasteiger partial charge in [0.2, 0.25) is 0 Å². The van der Waals surface area contributed by atoms with Crippen molar-refractivity contribution in [3.05, 3.63) is 18.2 Å². The van der Waals surface area contributed by atoms with E-state index in [2.05, 4.69) is 15.6 Å². The SMILES string of the molecule is Cn1cnc(C(=O)NC2CCCCNC2)c1. The summed E-state index contributed by atoms with van der Waals surface area (Å²) in [4.78, 5) is 15.9. The number of amides is 1. The van der Waals surface area contributed by atoms with E-state index >= 15 is 0 Å². The van der Waals surface area contributed by atoms with Crippen LogP contribution < -0.4 is 10.6 Å². The Balaban J connectivity index is 1.90. The molecule has 1 atom stereocenters. The molecule has 0 spiro atoms. The molecule has 0 aromatic carbocycles. The van der Waals surface area contributed by atoms with Gasteiger partial charge in [0, 0.05) is 25.8 Å². The fourth-order valence-electron chi connectivity index (χ4n) is 1.93. The van der Waals surface area contributed by atoms with Crippen molar-refractivity contribution >= 4 is 5.91 Å². The van der Waals surface area contributed by atoms with Crippen molar-refractivity contribution in [3.63, 3.8) is 0 Å². The van der Waals surface area contributed by atoms with E-state index in [9.17, 15) is 4.79 Å². The Kier molecular flexibility index (Phi) is 3.56. The molecular weight excluding hydrogens is 204 g/mol. The Morgan fingerprint density at radius 2 is 2.50 bits per heavy atom. The van der Waals surface area contributed by atoms with Gasteiger partial charge in [-0.05, 0) is 19.4 Å². The van der Waals surface area contributed by atoms with Crippen LogP contribution in [0, 0.1) is 0 Å². The van der Waals surface area contributed by atoms with Crippen molar-refractivity contribution < 1.29 is 4.79 Å². The molecule has 1 fully saturated rings. The van der Waals surface area contributed by atoms with Gasteiger partial charge in [0.25, 0.3) is 5.91 Å². The second-order valence-electron chi connectivity index (χ2n) is 4.29. The molecule has 2 heterocycles. The normalized spacial score (nSPS) is 21.4. The molecule has 0 saturated carbocycles.